The highest BCUT2D eigenvalue weighted by atomic mass is 32.1. The second-order valence-corrected chi connectivity index (χ2v) is 5.54. The molecule has 0 amide bonds. The van der Waals surface area contributed by atoms with Crippen molar-refractivity contribution >= 4 is 17.3 Å². The summed E-state index contributed by atoms with van der Waals surface area (Å²) < 4.78 is 5.61. The topological polar surface area (TPSA) is 65.0 Å². The summed E-state index contributed by atoms with van der Waals surface area (Å²) in [6, 6.07) is 9.51. The van der Waals surface area contributed by atoms with Crippen molar-refractivity contribution in [3.8, 4) is 0 Å². The molecule has 6 heteroatoms. The standard InChI is InChI=1S/C16H13N3O2S/c1-11-9-19-13(10-18-11)16(20)21-14(15-17-7-8-22-15)12-5-3-2-4-6-12/h2-10,14H,1H3. The number of aromatic nitrogens is 3. The molecular weight excluding hydrogens is 298 g/mol. The molecule has 3 aromatic rings. The summed E-state index contributed by atoms with van der Waals surface area (Å²) in [7, 11) is 0. The summed E-state index contributed by atoms with van der Waals surface area (Å²) in [5.74, 6) is -0.517. The summed E-state index contributed by atoms with van der Waals surface area (Å²) in [4.78, 5) is 24.7. The SMILES string of the molecule is Cc1cnc(C(=O)OC(c2ccccc2)c2nccs2)cn1. The monoisotopic (exact) mass is 311 g/mol. The lowest BCUT2D eigenvalue weighted by atomic mass is 10.1. The number of carbonyl (C=O) groups excluding carboxylic acids is 1. The van der Waals surface area contributed by atoms with E-state index < -0.39 is 12.1 Å². The molecule has 0 aliphatic carbocycles. The van der Waals surface area contributed by atoms with Crippen LogP contribution in [0.2, 0.25) is 0 Å². The molecule has 1 aromatic carbocycles. The van der Waals surface area contributed by atoms with Crippen LogP contribution in [0.5, 0.6) is 0 Å². The molecular formula is C16H13N3O2S. The number of ether oxygens (including phenoxy) is 1. The molecule has 5 nitrogen and oxygen atoms in total. The van der Waals surface area contributed by atoms with Crippen LogP contribution in [0.4, 0.5) is 0 Å². The van der Waals surface area contributed by atoms with Crippen LogP contribution in [0, 0.1) is 6.92 Å². The molecule has 0 N–H and O–H groups in total. The molecule has 1 unspecified atom stereocenters. The Labute approximate surface area is 131 Å². The van der Waals surface area contributed by atoms with Crippen molar-refractivity contribution in [2.24, 2.45) is 0 Å². The minimum absolute atomic E-state index is 0.183. The van der Waals surface area contributed by atoms with Crippen molar-refractivity contribution in [3.05, 3.63) is 76.3 Å². The van der Waals surface area contributed by atoms with Crippen LogP contribution >= 0.6 is 11.3 Å². The van der Waals surface area contributed by atoms with Crippen molar-refractivity contribution in [3.63, 3.8) is 0 Å². The lowest BCUT2D eigenvalue weighted by molar-refractivity contribution is 0.0370. The molecule has 0 aliphatic rings. The molecule has 0 saturated carbocycles. The first kappa shape index (κ1) is 14.3. The average molecular weight is 311 g/mol. The number of esters is 1. The maximum absolute atomic E-state index is 12.3. The van der Waals surface area contributed by atoms with Gasteiger partial charge in [-0.2, -0.15) is 0 Å². The van der Waals surface area contributed by atoms with E-state index in [1.54, 1.807) is 6.20 Å². The number of hydrogen-bond donors (Lipinski definition) is 0. The van der Waals surface area contributed by atoms with Gasteiger partial charge in [0.15, 0.2) is 11.8 Å². The zero-order valence-corrected chi connectivity index (χ0v) is 12.7. The highest BCUT2D eigenvalue weighted by Gasteiger charge is 2.22. The third kappa shape index (κ3) is 3.17. The first-order chi connectivity index (χ1) is 10.7. The first-order valence-corrected chi connectivity index (χ1v) is 7.56. The summed E-state index contributed by atoms with van der Waals surface area (Å²) in [5, 5.41) is 2.57. The third-order valence-electron chi connectivity index (χ3n) is 2.99. The Balaban J connectivity index is 1.87. The fraction of sp³-hybridized carbons (Fsp3) is 0.125. The van der Waals surface area contributed by atoms with Gasteiger partial charge in [-0.3, -0.25) is 4.98 Å². The molecule has 0 spiro atoms. The van der Waals surface area contributed by atoms with Crippen LogP contribution in [0.1, 0.15) is 32.9 Å². The van der Waals surface area contributed by atoms with Gasteiger partial charge in [-0.25, -0.2) is 14.8 Å². The van der Waals surface area contributed by atoms with E-state index in [1.807, 2.05) is 42.6 Å². The molecule has 1 atom stereocenters. The number of carbonyl (C=O) groups is 1. The van der Waals surface area contributed by atoms with Gasteiger partial charge in [-0.05, 0) is 12.5 Å². The molecule has 2 aromatic heterocycles. The predicted octanol–water partition coefficient (Wildman–Crippen LogP) is 3.19. The Kier molecular flexibility index (Phi) is 4.20. The van der Waals surface area contributed by atoms with Crippen LogP contribution < -0.4 is 0 Å². The van der Waals surface area contributed by atoms with Crippen LogP contribution in [-0.4, -0.2) is 20.9 Å². The van der Waals surface area contributed by atoms with Crippen LogP contribution in [0.25, 0.3) is 0 Å². The number of thiazole rings is 1. The van der Waals surface area contributed by atoms with E-state index in [2.05, 4.69) is 15.0 Å². The zero-order chi connectivity index (χ0) is 15.4. The molecule has 22 heavy (non-hydrogen) atoms. The van der Waals surface area contributed by atoms with E-state index in [4.69, 9.17) is 4.74 Å². The van der Waals surface area contributed by atoms with E-state index in [0.29, 0.717) is 0 Å². The molecule has 0 radical (unpaired) electrons. The fourth-order valence-corrected chi connectivity index (χ4v) is 2.61. The molecule has 110 valence electrons. The molecule has 0 fully saturated rings. The Morgan fingerprint density at radius 1 is 1.14 bits per heavy atom. The quantitative estimate of drug-likeness (QED) is 0.692. The number of aryl methyl sites for hydroxylation is 1. The van der Waals surface area contributed by atoms with E-state index in [-0.39, 0.29) is 5.69 Å². The molecule has 2 heterocycles. The van der Waals surface area contributed by atoms with Gasteiger partial charge in [0.25, 0.3) is 0 Å². The van der Waals surface area contributed by atoms with Gasteiger partial charge in [0.1, 0.15) is 5.01 Å². The van der Waals surface area contributed by atoms with Crippen molar-refractivity contribution in [1.29, 1.82) is 0 Å². The van der Waals surface area contributed by atoms with Crippen LogP contribution in [0.15, 0.2) is 54.3 Å². The predicted molar refractivity (Wildman–Crippen MR) is 82.6 cm³/mol. The number of benzene rings is 1. The number of hydrogen-bond acceptors (Lipinski definition) is 6. The summed E-state index contributed by atoms with van der Waals surface area (Å²) >= 11 is 1.44. The number of nitrogens with zero attached hydrogens (tertiary/aromatic N) is 3. The Bertz CT molecular complexity index is 743. The van der Waals surface area contributed by atoms with Crippen molar-refractivity contribution < 1.29 is 9.53 Å². The van der Waals surface area contributed by atoms with Gasteiger partial charge in [0.2, 0.25) is 0 Å². The Morgan fingerprint density at radius 3 is 2.59 bits per heavy atom. The van der Waals surface area contributed by atoms with Crippen LogP contribution in [0.3, 0.4) is 0 Å². The smallest absolute Gasteiger partial charge is 0.359 e. The van der Waals surface area contributed by atoms with Gasteiger partial charge < -0.3 is 4.74 Å². The Morgan fingerprint density at radius 2 is 1.95 bits per heavy atom. The second kappa shape index (κ2) is 6.44. The van der Waals surface area contributed by atoms with Gasteiger partial charge in [-0.1, -0.05) is 30.3 Å². The van der Waals surface area contributed by atoms with Crippen molar-refractivity contribution in [1.82, 2.24) is 15.0 Å². The van der Waals surface area contributed by atoms with Gasteiger partial charge in [0.05, 0.1) is 11.9 Å². The minimum Gasteiger partial charge on any atom is -0.445 e. The highest BCUT2D eigenvalue weighted by molar-refractivity contribution is 7.09. The average Bonchev–Trinajstić information content (AvgIpc) is 3.08. The second-order valence-electron chi connectivity index (χ2n) is 4.61. The number of rotatable bonds is 4. The maximum atomic E-state index is 12.3. The summed E-state index contributed by atoms with van der Waals surface area (Å²) in [5.41, 5.74) is 1.80. The molecule has 0 aliphatic heterocycles. The fourth-order valence-electron chi connectivity index (χ4n) is 1.92. The molecule has 0 saturated heterocycles. The van der Waals surface area contributed by atoms with Crippen LogP contribution in [-0.2, 0) is 4.74 Å². The zero-order valence-electron chi connectivity index (χ0n) is 11.8. The lowest BCUT2D eigenvalue weighted by Gasteiger charge is -2.15. The van der Waals surface area contributed by atoms with Crippen molar-refractivity contribution in [2.75, 3.05) is 0 Å². The van der Waals surface area contributed by atoms with E-state index in [0.717, 1.165) is 16.3 Å². The summed E-state index contributed by atoms with van der Waals surface area (Å²) in [6.07, 6.45) is 4.10. The third-order valence-corrected chi connectivity index (χ3v) is 3.81. The van der Waals surface area contributed by atoms with Gasteiger partial charge in [0, 0.05) is 17.8 Å². The van der Waals surface area contributed by atoms with Crippen molar-refractivity contribution in [2.45, 2.75) is 13.0 Å². The molecule has 0 bridgehead atoms. The lowest BCUT2D eigenvalue weighted by Crippen LogP contribution is -2.14. The summed E-state index contributed by atoms with van der Waals surface area (Å²) in [6.45, 7) is 1.81. The minimum atomic E-state index is -0.545. The van der Waals surface area contributed by atoms with E-state index in [9.17, 15) is 4.79 Å². The van der Waals surface area contributed by atoms with Gasteiger partial charge in [-0.15, -0.1) is 11.3 Å². The van der Waals surface area contributed by atoms with Gasteiger partial charge >= 0.3 is 5.97 Å². The largest absolute Gasteiger partial charge is 0.445 e. The highest BCUT2D eigenvalue weighted by Crippen LogP contribution is 2.28. The first-order valence-electron chi connectivity index (χ1n) is 6.68. The normalized spacial score (nSPS) is 11.9. The van der Waals surface area contributed by atoms with E-state index in [1.165, 1.54) is 23.7 Å². The van der Waals surface area contributed by atoms with E-state index >= 15 is 0 Å². The Hall–Kier alpha value is -2.60. The maximum Gasteiger partial charge on any atom is 0.359 e. The molecule has 3 rings (SSSR count).